The minimum Gasteiger partial charge on any atom is -0.339 e. The lowest BCUT2D eigenvalue weighted by Crippen LogP contribution is -2.49. The Balaban J connectivity index is 1.51. The predicted molar refractivity (Wildman–Crippen MR) is 83.3 cm³/mol. The van der Waals surface area contributed by atoms with Crippen molar-refractivity contribution in [1.29, 1.82) is 0 Å². The lowest BCUT2D eigenvalue weighted by molar-refractivity contribution is -0.133. The molecule has 2 aromatic rings. The van der Waals surface area contributed by atoms with Crippen LogP contribution in [0.3, 0.4) is 0 Å². The molecule has 3 rings (SSSR count). The SMILES string of the molecule is O=C(Cn1cncn1)N1CCN(Cc2ccc(F)cc2Cl)CC1. The van der Waals surface area contributed by atoms with Crippen LogP contribution in [0.5, 0.6) is 0 Å². The Labute approximate surface area is 138 Å². The van der Waals surface area contributed by atoms with E-state index in [9.17, 15) is 9.18 Å². The van der Waals surface area contributed by atoms with Gasteiger partial charge >= 0.3 is 0 Å². The number of amides is 1. The molecule has 1 aliphatic rings. The van der Waals surface area contributed by atoms with E-state index in [4.69, 9.17) is 11.6 Å². The van der Waals surface area contributed by atoms with E-state index >= 15 is 0 Å². The van der Waals surface area contributed by atoms with Crippen molar-refractivity contribution in [2.24, 2.45) is 0 Å². The highest BCUT2D eigenvalue weighted by Gasteiger charge is 2.21. The number of carbonyl (C=O) groups excluding carboxylic acids is 1. The van der Waals surface area contributed by atoms with E-state index in [2.05, 4.69) is 15.0 Å². The molecule has 0 spiro atoms. The van der Waals surface area contributed by atoms with Gasteiger partial charge in [0.25, 0.3) is 0 Å². The quantitative estimate of drug-likeness (QED) is 0.846. The summed E-state index contributed by atoms with van der Waals surface area (Å²) in [6, 6.07) is 4.45. The minimum absolute atomic E-state index is 0.0370. The van der Waals surface area contributed by atoms with Crippen molar-refractivity contribution in [3.05, 3.63) is 47.3 Å². The molecule has 1 aromatic carbocycles. The molecular weight excluding hydrogens is 321 g/mol. The number of hydrogen-bond donors (Lipinski definition) is 0. The number of halogens is 2. The molecule has 1 aliphatic heterocycles. The van der Waals surface area contributed by atoms with Gasteiger partial charge in [-0.3, -0.25) is 9.69 Å². The van der Waals surface area contributed by atoms with Crippen molar-refractivity contribution in [3.8, 4) is 0 Å². The fourth-order valence-corrected chi connectivity index (χ4v) is 2.83. The number of nitrogens with zero attached hydrogens (tertiary/aromatic N) is 5. The van der Waals surface area contributed by atoms with Crippen LogP contribution in [0.15, 0.2) is 30.9 Å². The second-order valence-electron chi connectivity index (χ2n) is 5.49. The summed E-state index contributed by atoms with van der Waals surface area (Å²) in [6.07, 6.45) is 2.95. The molecule has 23 heavy (non-hydrogen) atoms. The summed E-state index contributed by atoms with van der Waals surface area (Å²) in [7, 11) is 0. The zero-order chi connectivity index (χ0) is 16.2. The van der Waals surface area contributed by atoms with E-state index in [0.717, 1.165) is 18.7 Å². The standard InChI is InChI=1S/C15H17ClFN5O/c16-14-7-13(17)2-1-12(14)8-20-3-5-21(6-4-20)15(23)9-22-11-18-10-19-22/h1-2,7,10-11H,3-6,8-9H2. The normalized spacial score (nSPS) is 15.8. The maximum Gasteiger partial charge on any atom is 0.244 e. The Bertz CT molecular complexity index is 671. The summed E-state index contributed by atoms with van der Waals surface area (Å²) >= 11 is 6.06. The Morgan fingerprint density at radius 1 is 1.26 bits per heavy atom. The third kappa shape index (κ3) is 4.05. The summed E-state index contributed by atoms with van der Waals surface area (Å²) in [4.78, 5) is 20.0. The van der Waals surface area contributed by atoms with E-state index < -0.39 is 0 Å². The molecule has 122 valence electrons. The fraction of sp³-hybridized carbons (Fsp3) is 0.400. The molecule has 1 aromatic heterocycles. The van der Waals surface area contributed by atoms with Crippen molar-refractivity contribution in [3.63, 3.8) is 0 Å². The van der Waals surface area contributed by atoms with E-state index in [1.165, 1.54) is 29.5 Å². The Kier molecular flexibility index (Phi) is 4.88. The highest BCUT2D eigenvalue weighted by molar-refractivity contribution is 6.31. The molecule has 0 bridgehead atoms. The number of rotatable bonds is 4. The molecule has 0 saturated carbocycles. The van der Waals surface area contributed by atoms with Crippen LogP contribution in [-0.2, 0) is 17.9 Å². The highest BCUT2D eigenvalue weighted by atomic mass is 35.5. The molecule has 0 radical (unpaired) electrons. The molecule has 1 fully saturated rings. The monoisotopic (exact) mass is 337 g/mol. The van der Waals surface area contributed by atoms with Gasteiger partial charge in [0.2, 0.25) is 5.91 Å². The summed E-state index contributed by atoms with van der Waals surface area (Å²) in [6.45, 7) is 3.71. The molecule has 1 amide bonds. The third-order valence-electron chi connectivity index (χ3n) is 3.90. The van der Waals surface area contributed by atoms with Crippen LogP contribution in [-0.4, -0.2) is 56.7 Å². The first kappa shape index (κ1) is 15.9. The Morgan fingerprint density at radius 3 is 2.70 bits per heavy atom. The van der Waals surface area contributed by atoms with E-state index in [1.807, 2.05) is 4.90 Å². The van der Waals surface area contributed by atoms with Crippen molar-refractivity contribution in [1.82, 2.24) is 24.6 Å². The molecule has 0 unspecified atom stereocenters. The molecular formula is C15H17ClFN5O. The zero-order valence-electron chi connectivity index (χ0n) is 12.5. The molecule has 8 heteroatoms. The topological polar surface area (TPSA) is 54.3 Å². The second kappa shape index (κ2) is 7.06. The van der Waals surface area contributed by atoms with Crippen molar-refractivity contribution < 1.29 is 9.18 Å². The van der Waals surface area contributed by atoms with E-state index in [1.54, 1.807) is 6.07 Å². The number of piperazine rings is 1. The van der Waals surface area contributed by atoms with Crippen LogP contribution in [0, 0.1) is 5.82 Å². The average Bonchev–Trinajstić information content (AvgIpc) is 3.04. The number of benzene rings is 1. The number of hydrogen-bond acceptors (Lipinski definition) is 4. The summed E-state index contributed by atoms with van der Waals surface area (Å²) < 4.78 is 14.6. The molecule has 0 aliphatic carbocycles. The molecule has 0 N–H and O–H groups in total. The van der Waals surface area contributed by atoms with Crippen molar-refractivity contribution in [2.45, 2.75) is 13.1 Å². The van der Waals surface area contributed by atoms with Gasteiger partial charge in [-0.25, -0.2) is 14.1 Å². The second-order valence-corrected chi connectivity index (χ2v) is 5.89. The third-order valence-corrected chi connectivity index (χ3v) is 4.25. The van der Waals surface area contributed by atoms with Crippen LogP contribution in [0.25, 0.3) is 0 Å². The van der Waals surface area contributed by atoms with E-state index in [0.29, 0.717) is 24.7 Å². The number of aromatic nitrogens is 3. The molecule has 0 atom stereocenters. The van der Waals surface area contributed by atoms with Crippen LogP contribution in [0.4, 0.5) is 4.39 Å². The van der Waals surface area contributed by atoms with E-state index in [-0.39, 0.29) is 18.3 Å². The van der Waals surface area contributed by atoms with Gasteiger partial charge in [-0.05, 0) is 17.7 Å². The molecule has 6 nitrogen and oxygen atoms in total. The van der Waals surface area contributed by atoms with Crippen LogP contribution >= 0.6 is 11.6 Å². The van der Waals surface area contributed by atoms with Crippen LogP contribution < -0.4 is 0 Å². The zero-order valence-corrected chi connectivity index (χ0v) is 13.3. The van der Waals surface area contributed by atoms with Crippen LogP contribution in [0.1, 0.15) is 5.56 Å². The van der Waals surface area contributed by atoms with Gasteiger partial charge in [-0.2, -0.15) is 5.10 Å². The van der Waals surface area contributed by atoms with Gasteiger partial charge in [0.1, 0.15) is 25.0 Å². The average molecular weight is 338 g/mol. The highest BCUT2D eigenvalue weighted by Crippen LogP contribution is 2.19. The van der Waals surface area contributed by atoms with Gasteiger partial charge in [0, 0.05) is 37.7 Å². The lowest BCUT2D eigenvalue weighted by atomic mass is 10.2. The lowest BCUT2D eigenvalue weighted by Gasteiger charge is -2.34. The van der Waals surface area contributed by atoms with Gasteiger partial charge in [-0.15, -0.1) is 0 Å². The maximum absolute atomic E-state index is 13.1. The largest absolute Gasteiger partial charge is 0.339 e. The van der Waals surface area contributed by atoms with Crippen LogP contribution in [0.2, 0.25) is 5.02 Å². The minimum atomic E-state index is -0.331. The van der Waals surface area contributed by atoms with Crippen molar-refractivity contribution >= 4 is 17.5 Å². The molecule has 1 saturated heterocycles. The van der Waals surface area contributed by atoms with Gasteiger partial charge in [0.05, 0.1) is 0 Å². The Morgan fingerprint density at radius 2 is 2.04 bits per heavy atom. The predicted octanol–water partition coefficient (Wildman–Crippen LogP) is 1.41. The first-order chi connectivity index (χ1) is 11.1. The maximum atomic E-state index is 13.1. The van der Waals surface area contributed by atoms with Gasteiger partial charge in [-0.1, -0.05) is 17.7 Å². The van der Waals surface area contributed by atoms with Crippen molar-refractivity contribution in [2.75, 3.05) is 26.2 Å². The first-order valence-corrected chi connectivity index (χ1v) is 7.76. The fourth-order valence-electron chi connectivity index (χ4n) is 2.60. The van der Waals surface area contributed by atoms with Gasteiger partial charge < -0.3 is 4.90 Å². The smallest absolute Gasteiger partial charge is 0.244 e. The first-order valence-electron chi connectivity index (χ1n) is 7.38. The summed E-state index contributed by atoms with van der Waals surface area (Å²) in [5.41, 5.74) is 0.899. The summed E-state index contributed by atoms with van der Waals surface area (Å²) in [5.74, 6) is -0.294. The number of carbonyl (C=O) groups is 1. The summed E-state index contributed by atoms with van der Waals surface area (Å²) in [5, 5.41) is 4.38. The Hall–Kier alpha value is -1.99. The van der Waals surface area contributed by atoms with Gasteiger partial charge in [0.15, 0.2) is 0 Å². The molecule has 2 heterocycles.